The van der Waals surface area contributed by atoms with E-state index in [1.54, 1.807) is 28.8 Å². The van der Waals surface area contributed by atoms with E-state index in [0.29, 0.717) is 28.3 Å². The number of anilines is 1. The number of hydrogen-bond donors (Lipinski definition) is 1. The molecule has 1 aromatic heterocycles. The first kappa shape index (κ1) is 16.2. The predicted octanol–water partition coefficient (Wildman–Crippen LogP) is 3.63. The molecular weight excluding hydrogens is 326 g/mol. The monoisotopic (exact) mass is 341 g/mol. The van der Waals surface area contributed by atoms with Crippen molar-refractivity contribution < 1.29 is 4.79 Å². The number of para-hydroxylation sites is 2. The van der Waals surface area contributed by atoms with Crippen LogP contribution in [0.25, 0.3) is 11.0 Å². The Kier molecular flexibility index (Phi) is 4.36. The van der Waals surface area contributed by atoms with Crippen molar-refractivity contribution in [2.75, 3.05) is 5.32 Å². The SMILES string of the molecule is CCn1c(=O)c(C(=O)Nc2ccc(C)c(Cl)c2)nc2ccccc21. The van der Waals surface area contributed by atoms with E-state index in [-0.39, 0.29) is 5.69 Å². The molecule has 0 saturated carbocycles. The molecular formula is C18H16ClN3O2. The topological polar surface area (TPSA) is 64.0 Å². The highest BCUT2D eigenvalue weighted by molar-refractivity contribution is 6.31. The fourth-order valence-electron chi connectivity index (χ4n) is 2.52. The van der Waals surface area contributed by atoms with Crippen molar-refractivity contribution in [1.82, 2.24) is 9.55 Å². The van der Waals surface area contributed by atoms with Gasteiger partial charge in [0.25, 0.3) is 11.5 Å². The summed E-state index contributed by atoms with van der Waals surface area (Å²) in [5, 5.41) is 3.23. The van der Waals surface area contributed by atoms with Gasteiger partial charge in [-0.3, -0.25) is 9.59 Å². The molecule has 1 amide bonds. The first-order valence-corrected chi connectivity index (χ1v) is 7.96. The summed E-state index contributed by atoms with van der Waals surface area (Å²) in [6, 6.07) is 12.4. The van der Waals surface area contributed by atoms with Crippen molar-refractivity contribution in [1.29, 1.82) is 0 Å². The molecule has 3 aromatic rings. The Bertz CT molecular complexity index is 995. The molecule has 6 heteroatoms. The Morgan fingerprint density at radius 3 is 2.71 bits per heavy atom. The molecule has 0 aliphatic heterocycles. The van der Waals surface area contributed by atoms with E-state index in [1.165, 1.54) is 0 Å². The molecule has 0 saturated heterocycles. The van der Waals surface area contributed by atoms with Crippen LogP contribution in [-0.4, -0.2) is 15.5 Å². The van der Waals surface area contributed by atoms with Crippen LogP contribution in [0.2, 0.25) is 5.02 Å². The molecule has 5 nitrogen and oxygen atoms in total. The minimum absolute atomic E-state index is 0.132. The number of aryl methyl sites for hydroxylation is 2. The summed E-state index contributed by atoms with van der Waals surface area (Å²) < 4.78 is 1.54. The number of carbonyl (C=O) groups excluding carboxylic acids is 1. The average molecular weight is 342 g/mol. The van der Waals surface area contributed by atoms with Crippen LogP contribution in [0.1, 0.15) is 23.0 Å². The second kappa shape index (κ2) is 6.45. The van der Waals surface area contributed by atoms with Crippen molar-refractivity contribution in [2.45, 2.75) is 20.4 Å². The molecule has 3 rings (SSSR count). The normalized spacial score (nSPS) is 10.8. The van der Waals surface area contributed by atoms with Gasteiger partial charge in [0.2, 0.25) is 0 Å². The zero-order chi connectivity index (χ0) is 17.3. The maximum Gasteiger partial charge on any atom is 0.282 e. The van der Waals surface area contributed by atoms with Crippen LogP contribution in [0.4, 0.5) is 5.69 Å². The number of benzene rings is 2. The number of rotatable bonds is 3. The summed E-state index contributed by atoms with van der Waals surface area (Å²) in [6.45, 7) is 4.19. The summed E-state index contributed by atoms with van der Waals surface area (Å²) in [6.07, 6.45) is 0. The van der Waals surface area contributed by atoms with Crippen molar-refractivity contribution >= 4 is 34.2 Å². The zero-order valence-corrected chi connectivity index (χ0v) is 14.1. The lowest BCUT2D eigenvalue weighted by molar-refractivity contribution is 0.102. The molecule has 0 unspecified atom stereocenters. The second-order valence-corrected chi connectivity index (χ2v) is 5.82. The van der Waals surface area contributed by atoms with Gasteiger partial charge in [-0.05, 0) is 43.7 Å². The fraction of sp³-hybridized carbons (Fsp3) is 0.167. The molecule has 0 atom stereocenters. The van der Waals surface area contributed by atoms with E-state index in [9.17, 15) is 9.59 Å². The van der Waals surface area contributed by atoms with Crippen LogP contribution in [0.15, 0.2) is 47.3 Å². The van der Waals surface area contributed by atoms with E-state index in [1.807, 2.05) is 32.0 Å². The quantitative estimate of drug-likeness (QED) is 0.791. The van der Waals surface area contributed by atoms with Crippen LogP contribution in [-0.2, 0) is 6.54 Å². The minimum Gasteiger partial charge on any atom is -0.320 e. The van der Waals surface area contributed by atoms with E-state index < -0.39 is 11.5 Å². The van der Waals surface area contributed by atoms with Crippen LogP contribution < -0.4 is 10.9 Å². The minimum atomic E-state index is -0.548. The van der Waals surface area contributed by atoms with Crippen LogP contribution in [0, 0.1) is 6.92 Å². The number of nitrogens with zero attached hydrogens (tertiary/aromatic N) is 2. The molecule has 1 heterocycles. The van der Waals surface area contributed by atoms with Crippen molar-refractivity contribution in [3.63, 3.8) is 0 Å². The Labute approximate surface area is 143 Å². The summed E-state index contributed by atoms with van der Waals surface area (Å²) in [5.74, 6) is -0.548. The van der Waals surface area contributed by atoms with E-state index in [2.05, 4.69) is 10.3 Å². The van der Waals surface area contributed by atoms with Gasteiger partial charge >= 0.3 is 0 Å². The van der Waals surface area contributed by atoms with Gasteiger partial charge in [-0.2, -0.15) is 0 Å². The molecule has 24 heavy (non-hydrogen) atoms. The van der Waals surface area contributed by atoms with E-state index in [0.717, 1.165) is 5.56 Å². The number of halogens is 1. The second-order valence-electron chi connectivity index (χ2n) is 5.42. The molecule has 0 aliphatic rings. The Morgan fingerprint density at radius 2 is 2.00 bits per heavy atom. The third-order valence-electron chi connectivity index (χ3n) is 3.81. The Balaban J connectivity index is 2.05. The molecule has 0 bridgehead atoms. The van der Waals surface area contributed by atoms with Gasteiger partial charge in [0.15, 0.2) is 5.69 Å². The van der Waals surface area contributed by atoms with Gasteiger partial charge in [-0.15, -0.1) is 0 Å². The number of carbonyl (C=O) groups is 1. The molecule has 0 spiro atoms. The van der Waals surface area contributed by atoms with Gasteiger partial charge in [-0.1, -0.05) is 29.8 Å². The van der Waals surface area contributed by atoms with Crippen molar-refractivity contribution in [2.24, 2.45) is 0 Å². The van der Waals surface area contributed by atoms with E-state index >= 15 is 0 Å². The van der Waals surface area contributed by atoms with Crippen molar-refractivity contribution in [3.05, 3.63) is 69.1 Å². The summed E-state index contributed by atoms with van der Waals surface area (Å²) in [5.41, 5.74) is 2.20. The van der Waals surface area contributed by atoms with Crippen molar-refractivity contribution in [3.8, 4) is 0 Å². The predicted molar refractivity (Wildman–Crippen MR) is 95.8 cm³/mol. The number of nitrogens with one attached hydrogen (secondary N) is 1. The van der Waals surface area contributed by atoms with Gasteiger partial charge < -0.3 is 9.88 Å². The third-order valence-corrected chi connectivity index (χ3v) is 4.22. The smallest absolute Gasteiger partial charge is 0.282 e. The average Bonchev–Trinajstić information content (AvgIpc) is 2.57. The van der Waals surface area contributed by atoms with Crippen LogP contribution in [0.5, 0.6) is 0 Å². The summed E-state index contributed by atoms with van der Waals surface area (Å²) in [4.78, 5) is 29.3. The molecule has 0 aliphatic carbocycles. The first-order valence-electron chi connectivity index (χ1n) is 7.58. The summed E-state index contributed by atoms with van der Waals surface area (Å²) in [7, 11) is 0. The van der Waals surface area contributed by atoms with Gasteiger partial charge in [0, 0.05) is 17.3 Å². The third kappa shape index (κ3) is 2.90. The molecule has 2 aromatic carbocycles. The summed E-state index contributed by atoms with van der Waals surface area (Å²) >= 11 is 6.07. The lowest BCUT2D eigenvalue weighted by atomic mass is 10.2. The van der Waals surface area contributed by atoms with Gasteiger partial charge in [0.1, 0.15) is 0 Å². The lowest BCUT2D eigenvalue weighted by Crippen LogP contribution is -2.30. The maximum atomic E-state index is 12.6. The molecule has 1 N–H and O–H groups in total. The van der Waals surface area contributed by atoms with Gasteiger partial charge in [-0.25, -0.2) is 4.98 Å². The number of amides is 1. The fourth-order valence-corrected chi connectivity index (χ4v) is 2.70. The first-order chi connectivity index (χ1) is 11.5. The highest BCUT2D eigenvalue weighted by atomic mass is 35.5. The lowest BCUT2D eigenvalue weighted by Gasteiger charge is -2.11. The Morgan fingerprint density at radius 1 is 1.25 bits per heavy atom. The number of hydrogen-bond acceptors (Lipinski definition) is 3. The number of fused-ring (bicyclic) bond motifs is 1. The zero-order valence-electron chi connectivity index (χ0n) is 13.3. The standard InChI is InChI=1S/C18H16ClN3O2/c1-3-22-15-7-5-4-6-14(15)21-16(18(22)24)17(23)20-12-9-8-11(2)13(19)10-12/h4-10H,3H2,1-2H3,(H,20,23). The maximum absolute atomic E-state index is 12.6. The highest BCUT2D eigenvalue weighted by Crippen LogP contribution is 2.20. The Hall–Kier alpha value is -2.66. The molecule has 0 fully saturated rings. The largest absolute Gasteiger partial charge is 0.320 e. The van der Waals surface area contributed by atoms with Crippen LogP contribution >= 0.6 is 11.6 Å². The molecule has 122 valence electrons. The van der Waals surface area contributed by atoms with Gasteiger partial charge in [0.05, 0.1) is 11.0 Å². The highest BCUT2D eigenvalue weighted by Gasteiger charge is 2.17. The molecule has 0 radical (unpaired) electrons. The number of aromatic nitrogens is 2. The van der Waals surface area contributed by atoms with Crippen LogP contribution in [0.3, 0.4) is 0 Å². The van der Waals surface area contributed by atoms with E-state index in [4.69, 9.17) is 11.6 Å².